The average molecular weight is 570 g/mol. The highest BCUT2D eigenvalue weighted by Gasteiger charge is 2.16. The second-order valence-corrected chi connectivity index (χ2v) is 12.9. The van der Waals surface area contributed by atoms with E-state index < -0.39 is 7.82 Å². The molecule has 1 atom stereocenters. The smallest absolute Gasteiger partial charge is 0.394 e. The van der Waals surface area contributed by atoms with Gasteiger partial charge in [-0.3, -0.25) is 4.52 Å². The molecule has 0 rings (SSSR count). The minimum Gasteiger partial charge on any atom is -0.394 e. The van der Waals surface area contributed by atoms with Crippen LogP contribution in [0.15, 0.2) is 0 Å². The Morgan fingerprint density at radius 2 is 1.18 bits per heavy atom. The van der Waals surface area contributed by atoms with Gasteiger partial charge >= 0.3 is 7.82 Å². The number of unbranched alkanes of at least 4 members (excludes halogenated alkanes) is 15. The number of hydrogen-bond acceptors (Lipinski definition) is 5. The van der Waals surface area contributed by atoms with Crippen molar-refractivity contribution in [1.82, 2.24) is 4.90 Å². The molecule has 8 nitrogen and oxygen atoms in total. The molecule has 0 aromatic heterocycles. The quantitative estimate of drug-likeness (QED) is 0.0632. The first-order chi connectivity index (χ1) is 17.9. The van der Waals surface area contributed by atoms with Gasteiger partial charge in [0.15, 0.2) is 0 Å². The van der Waals surface area contributed by atoms with Crippen molar-refractivity contribution in [3.05, 3.63) is 0 Å². The molecule has 0 fully saturated rings. The van der Waals surface area contributed by atoms with E-state index in [-0.39, 0.29) is 19.3 Å². The molecule has 1 unspecified atom stereocenters. The minimum absolute atomic E-state index is 0.0268. The molecule has 3 N–H and O–H groups in total. The molecule has 0 aliphatic heterocycles. The number of likely N-dealkylation sites (N-methyl/N-ethyl adjacent to an activating group) is 2. The fourth-order valence-corrected chi connectivity index (χ4v) is 4.52. The van der Waals surface area contributed by atoms with Gasteiger partial charge in [-0.1, -0.05) is 103 Å². The van der Waals surface area contributed by atoms with Crippen molar-refractivity contribution in [3.63, 3.8) is 0 Å². The summed E-state index contributed by atoms with van der Waals surface area (Å²) in [5.74, 6) is 0. The number of aliphatic hydroxyl groups excluding tert-OH is 1. The number of ether oxygens (including phenoxy) is 1. The Morgan fingerprint density at radius 3 is 1.53 bits per heavy atom. The molecule has 0 saturated heterocycles. The van der Waals surface area contributed by atoms with E-state index in [1.54, 1.807) is 0 Å². The van der Waals surface area contributed by atoms with Crippen LogP contribution in [0.4, 0.5) is 0 Å². The van der Waals surface area contributed by atoms with Crippen molar-refractivity contribution >= 4 is 7.82 Å². The third-order valence-corrected chi connectivity index (χ3v) is 7.06. The summed E-state index contributed by atoms with van der Waals surface area (Å²) >= 11 is 0. The number of nitrogens with zero attached hydrogens (tertiary/aromatic N) is 2. The largest absolute Gasteiger partial charge is 0.469 e. The minimum atomic E-state index is -4.26. The molecule has 0 amide bonds. The van der Waals surface area contributed by atoms with Crippen LogP contribution in [-0.2, 0) is 13.8 Å². The molecule has 0 saturated carbocycles. The molecule has 38 heavy (non-hydrogen) atoms. The van der Waals surface area contributed by atoms with Crippen LogP contribution >= 0.6 is 7.82 Å². The Kier molecular flexibility index (Phi) is 28.6. The maximum absolute atomic E-state index is 10.2. The van der Waals surface area contributed by atoms with E-state index in [4.69, 9.17) is 14.5 Å². The second-order valence-electron chi connectivity index (χ2n) is 11.7. The lowest BCUT2D eigenvalue weighted by molar-refractivity contribution is -0.870. The fourth-order valence-electron chi connectivity index (χ4n) is 4.20. The number of phosphoric ester groups is 1. The molecular formula is C29H66N2O6P+. The van der Waals surface area contributed by atoms with Gasteiger partial charge in [0.25, 0.3) is 0 Å². The number of rotatable bonds is 26. The third kappa shape index (κ3) is 35.9. The van der Waals surface area contributed by atoms with Crippen LogP contribution in [0.25, 0.3) is 0 Å². The molecule has 0 aromatic rings. The molecule has 0 aliphatic rings. The van der Waals surface area contributed by atoms with Gasteiger partial charge in [-0.15, -0.1) is 0 Å². The maximum atomic E-state index is 10.2. The first-order valence-corrected chi connectivity index (χ1v) is 16.9. The molecule has 0 spiro atoms. The van der Waals surface area contributed by atoms with E-state index in [1.165, 1.54) is 103 Å². The summed E-state index contributed by atoms with van der Waals surface area (Å²) in [6.07, 6.45) is 22.6. The Labute approximate surface area is 236 Å². The van der Waals surface area contributed by atoms with Crippen LogP contribution in [-0.4, -0.2) is 98.0 Å². The van der Waals surface area contributed by atoms with Crippen LogP contribution in [0.3, 0.4) is 0 Å². The zero-order chi connectivity index (χ0) is 29.1. The van der Waals surface area contributed by atoms with Crippen LogP contribution in [0.5, 0.6) is 0 Å². The maximum Gasteiger partial charge on any atom is 0.469 e. The first-order valence-electron chi connectivity index (χ1n) is 15.4. The lowest BCUT2D eigenvalue weighted by Gasteiger charge is -2.23. The summed E-state index contributed by atoms with van der Waals surface area (Å²) < 4.78 is 20.6. The molecule has 232 valence electrons. The van der Waals surface area contributed by atoms with E-state index in [1.807, 2.05) is 28.1 Å². The zero-order valence-corrected chi connectivity index (χ0v) is 26.9. The van der Waals surface area contributed by atoms with Gasteiger partial charge in [-0.2, -0.15) is 0 Å². The highest BCUT2D eigenvalue weighted by atomic mass is 31.2. The van der Waals surface area contributed by atoms with Gasteiger partial charge in [0, 0.05) is 13.2 Å². The summed E-state index contributed by atoms with van der Waals surface area (Å²) in [5.41, 5.74) is 0. The lowest BCUT2D eigenvalue weighted by atomic mass is 10.0. The Morgan fingerprint density at radius 1 is 0.763 bits per heavy atom. The van der Waals surface area contributed by atoms with Crippen molar-refractivity contribution in [2.45, 2.75) is 123 Å². The summed E-state index contributed by atoms with van der Waals surface area (Å²) in [6.45, 7) is 7.68. The van der Waals surface area contributed by atoms with Crippen LogP contribution < -0.4 is 0 Å². The third-order valence-electron chi connectivity index (χ3n) is 6.54. The van der Waals surface area contributed by atoms with E-state index in [0.717, 1.165) is 13.1 Å². The zero-order valence-electron chi connectivity index (χ0n) is 26.0. The topological polar surface area (TPSA) is 99.5 Å². The molecule has 0 aromatic carbocycles. The van der Waals surface area contributed by atoms with E-state index >= 15 is 0 Å². The lowest BCUT2D eigenvalue weighted by Crippen LogP contribution is -2.37. The van der Waals surface area contributed by atoms with Gasteiger partial charge in [0.05, 0.1) is 33.9 Å². The van der Waals surface area contributed by atoms with Crippen molar-refractivity contribution in [1.29, 1.82) is 0 Å². The van der Waals surface area contributed by atoms with Crippen molar-refractivity contribution in [2.75, 3.05) is 67.6 Å². The van der Waals surface area contributed by atoms with Crippen LogP contribution in [0, 0.1) is 0 Å². The van der Waals surface area contributed by atoms with Gasteiger partial charge in [0.1, 0.15) is 13.2 Å². The standard InChI is InChI=1S/C24H51NO2.C5H14NO4P/c1-4-6-7-8-9-10-11-12-13-14-15-16-17-18-19-20-21-25(3)22-24(23-26)27-5-2;1-6(2,3)4-5-10-11(7,8)9/h24,26H,4-23H2,1-3H3;4-5H2,1-3H3,(H-,7,8,9)/p+1. The summed E-state index contributed by atoms with van der Waals surface area (Å²) in [5, 5.41) is 9.27. The highest BCUT2D eigenvalue weighted by Crippen LogP contribution is 2.35. The van der Waals surface area contributed by atoms with E-state index in [9.17, 15) is 9.67 Å². The first kappa shape index (κ1) is 40.1. The van der Waals surface area contributed by atoms with Crippen molar-refractivity contribution < 1.29 is 33.2 Å². The van der Waals surface area contributed by atoms with Crippen LogP contribution in [0.2, 0.25) is 0 Å². The average Bonchev–Trinajstić information content (AvgIpc) is 2.82. The summed E-state index contributed by atoms with van der Waals surface area (Å²) in [6, 6.07) is 0. The predicted molar refractivity (Wildman–Crippen MR) is 160 cm³/mol. The second kappa shape index (κ2) is 27.1. The normalized spacial score (nSPS) is 13.0. The summed E-state index contributed by atoms with van der Waals surface area (Å²) in [7, 11) is 3.63. The van der Waals surface area contributed by atoms with Crippen molar-refractivity contribution in [3.8, 4) is 0 Å². The van der Waals surface area contributed by atoms with Gasteiger partial charge in [-0.25, -0.2) is 4.57 Å². The Bertz CT molecular complexity index is 528. The monoisotopic (exact) mass is 569 g/mol. The fraction of sp³-hybridized carbons (Fsp3) is 1.00. The number of hydrogen-bond donors (Lipinski definition) is 3. The number of phosphoric acid groups is 1. The predicted octanol–water partition coefficient (Wildman–Crippen LogP) is 6.38. The van der Waals surface area contributed by atoms with E-state index in [2.05, 4.69) is 23.4 Å². The SMILES string of the molecule is CCCCCCCCCCCCCCCCCCN(C)CC(CO)OCC.C[N+](C)(C)CCOP(=O)(O)O. The Hall–Kier alpha value is -0.0500. The molecule has 9 heteroatoms. The Balaban J connectivity index is 0. The molecule has 0 aliphatic carbocycles. The number of aliphatic hydroxyl groups is 1. The summed E-state index contributed by atoms with van der Waals surface area (Å²) in [4.78, 5) is 18.9. The molecule has 0 bridgehead atoms. The van der Waals surface area contributed by atoms with Crippen LogP contribution in [0.1, 0.15) is 117 Å². The van der Waals surface area contributed by atoms with Gasteiger partial charge < -0.3 is 29.0 Å². The molecular weight excluding hydrogens is 503 g/mol. The highest BCUT2D eigenvalue weighted by molar-refractivity contribution is 7.46. The number of quaternary nitrogens is 1. The molecule has 0 heterocycles. The van der Waals surface area contributed by atoms with Gasteiger partial charge in [0.2, 0.25) is 0 Å². The van der Waals surface area contributed by atoms with E-state index in [0.29, 0.717) is 17.6 Å². The molecule has 0 radical (unpaired) electrons. The van der Waals surface area contributed by atoms with Crippen molar-refractivity contribution in [2.24, 2.45) is 0 Å². The van der Waals surface area contributed by atoms with Gasteiger partial charge in [-0.05, 0) is 26.9 Å².